The van der Waals surface area contributed by atoms with Gasteiger partial charge in [0.1, 0.15) is 12.4 Å². The van der Waals surface area contributed by atoms with Crippen molar-refractivity contribution in [2.24, 2.45) is 5.73 Å². The Balaban J connectivity index is 1.86. The van der Waals surface area contributed by atoms with Crippen LogP contribution in [0.15, 0.2) is 54.6 Å². The van der Waals surface area contributed by atoms with Crippen molar-refractivity contribution in [2.45, 2.75) is 19.0 Å². The Kier molecular flexibility index (Phi) is 4.53. The SMILES string of the molecule is NCCC(c1ccccc1)N1CCOc2ccccc2C1. The van der Waals surface area contributed by atoms with E-state index in [-0.39, 0.29) is 0 Å². The van der Waals surface area contributed by atoms with E-state index in [4.69, 9.17) is 10.5 Å². The van der Waals surface area contributed by atoms with Crippen LogP contribution in [0.5, 0.6) is 5.75 Å². The van der Waals surface area contributed by atoms with Gasteiger partial charge in [0.25, 0.3) is 0 Å². The van der Waals surface area contributed by atoms with Gasteiger partial charge in [0.05, 0.1) is 0 Å². The average molecular weight is 282 g/mol. The van der Waals surface area contributed by atoms with Gasteiger partial charge in [-0.1, -0.05) is 48.5 Å². The van der Waals surface area contributed by atoms with Crippen molar-refractivity contribution in [3.8, 4) is 5.75 Å². The Bertz CT molecular complexity index is 570. The lowest BCUT2D eigenvalue weighted by Gasteiger charge is -2.30. The fourth-order valence-corrected chi connectivity index (χ4v) is 3.01. The zero-order valence-corrected chi connectivity index (χ0v) is 12.2. The minimum absolute atomic E-state index is 0.353. The largest absolute Gasteiger partial charge is 0.492 e. The monoisotopic (exact) mass is 282 g/mol. The molecule has 0 spiro atoms. The summed E-state index contributed by atoms with van der Waals surface area (Å²) in [5, 5.41) is 0. The maximum absolute atomic E-state index is 5.87. The van der Waals surface area contributed by atoms with Gasteiger partial charge >= 0.3 is 0 Å². The first kappa shape index (κ1) is 14.1. The van der Waals surface area contributed by atoms with E-state index in [1.165, 1.54) is 11.1 Å². The average Bonchev–Trinajstić information content (AvgIpc) is 2.75. The summed E-state index contributed by atoms with van der Waals surface area (Å²) in [5.41, 5.74) is 8.44. The Morgan fingerprint density at radius 2 is 1.81 bits per heavy atom. The van der Waals surface area contributed by atoms with Gasteiger partial charge in [-0.2, -0.15) is 0 Å². The van der Waals surface area contributed by atoms with Crippen LogP contribution in [-0.2, 0) is 6.54 Å². The molecule has 3 nitrogen and oxygen atoms in total. The van der Waals surface area contributed by atoms with Gasteiger partial charge in [-0.3, -0.25) is 4.90 Å². The van der Waals surface area contributed by atoms with Crippen LogP contribution >= 0.6 is 0 Å². The van der Waals surface area contributed by atoms with Gasteiger partial charge in [0.15, 0.2) is 0 Å². The van der Waals surface area contributed by atoms with Crippen LogP contribution < -0.4 is 10.5 Å². The molecule has 0 saturated carbocycles. The molecule has 0 amide bonds. The Morgan fingerprint density at radius 1 is 1.05 bits per heavy atom. The zero-order valence-electron chi connectivity index (χ0n) is 12.2. The molecular weight excluding hydrogens is 260 g/mol. The summed E-state index contributed by atoms with van der Waals surface area (Å²) in [6, 6.07) is 19.3. The molecule has 2 aromatic carbocycles. The van der Waals surface area contributed by atoms with E-state index in [1.807, 2.05) is 6.07 Å². The third kappa shape index (κ3) is 3.26. The van der Waals surface area contributed by atoms with Crippen LogP contribution in [0.3, 0.4) is 0 Å². The van der Waals surface area contributed by atoms with E-state index in [2.05, 4.69) is 53.4 Å². The van der Waals surface area contributed by atoms with Crippen molar-refractivity contribution in [1.82, 2.24) is 4.90 Å². The summed E-state index contributed by atoms with van der Waals surface area (Å²) < 4.78 is 5.87. The molecule has 110 valence electrons. The van der Waals surface area contributed by atoms with E-state index in [0.29, 0.717) is 12.6 Å². The Labute approximate surface area is 126 Å². The number of rotatable bonds is 4. The van der Waals surface area contributed by atoms with Gasteiger partial charge in [-0.25, -0.2) is 0 Å². The number of fused-ring (bicyclic) bond motifs is 1. The molecule has 2 aromatic rings. The van der Waals surface area contributed by atoms with Crippen molar-refractivity contribution in [1.29, 1.82) is 0 Å². The maximum atomic E-state index is 5.87. The van der Waals surface area contributed by atoms with Crippen LogP contribution in [0.2, 0.25) is 0 Å². The summed E-state index contributed by atoms with van der Waals surface area (Å²) in [6.45, 7) is 3.26. The van der Waals surface area contributed by atoms with Crippen LogP contribution in [0, 0.1) is 0 Å². The summed E-state index contributed by atoms with van der Waals surface area (Å²) in [6.07, 6.45) is 0.964. The molecule has 3 heteroatoms. The zero-order chi connectivity index (χ0) is 14.5. The van der Waals surface area contributed by atoms with E-state index in [0.717, 1.165) is 31.9 Å². The smallest absolute Gasteiger partial charge is 0.123 e. The number of ether oxygens (including phenoxy) is 1. The fourth-order valence-electron chi connectivity index (χ4n) is 3.01. The lowest BCUT2D eigenvalue weighted by atomic mass is 10.0. The second kappa shape index (κ2) is 6.74. The van der Waals surface area contributed by atoms with Gasteiger partial charge in [0.2, 0.25) is 0 Å². The standard InChI is InChI=1S/C18H22N2O/c19-11-10-17(15-6-2-1-3-7-15)20-12-13-21-18-9-5-4-8-16(18)14-20/h1-9,17H,10-14,19H2. The van der Waals surface area contributed by atoms with Crippen LogP contribution in [0.1, 0.15) is 23.6 Å². The first-order chi connectivity index (χ1) is 10.4. The number of nitrogens with zero attached hydrogens (tertiary/aromatic N) is 1. The number of hydrogen-bond donors (Lipinski definition) is 1. The molecule has 1 aliphatic heterocycles. The van der Waals surface area contributed by atoms with Crippen LogP contribution in [0.4, 0.5) is 0 Å². The molecule has 0 fully saturated rings. The lowest BCUT2D eigenvalue weighted by molar-refractivity contribution is 0.163. The molecule has 1 aliphatic rings. The van der Waals surface area contributed by atoms with Crippen molar-refractivity contribution < 1.29 is 4.74 Å². The van der Waals surface area contributed by atoms with E-state index in [9.17, 15) is 0 Å². The lowest BCUT2D eigenvalue weighted by Crippen LogP contribution is -2.31. The topological polar surface area (TPSA) is 38.5 Å². The molecule has 21 heavy (non-hydrogen) atoms. The molecule has 0 aromatic heterocycles. The number of para-hydroxylation sites is 1. The molecule has 2 N–H and O–H groups in total. The highest BCUT2D eigenvalue weighted by Gasteiger charge is 2.23. The van der Waals surface area contributed by atoms with Gasteiger partial charge in [0, 0.05) is 24.7 Å². The maximum Gasteiger partial charge on any atom is 0.123 e. The van der Waals surface area contributed by atoms with E-state index >= 15 is 0 Å². The Hall–Kier alpha value is -1.84. The van der Waals surface area contributed by atoms with Crippen molar-refractivity contribution >= 4 is 0 Å². The molecule has 3 rings (SSSR count). The number of hydrogen-bond acceptors (Lipinski definition) is 3. The number of benzene rings is 2. The molecular formula is C18H22N2O. The molecule has 0 radical (unpaired) electrons. The molecule has 0 bridgehead atoms. The highest BCUT2D eigenvalue weighted by molar-refractivity contribution is 5.34. The van der Waals surface area contributed by atoms with Gasteiger partial charge in [-0.15, -0.1) is 0 Å². The first-order valence-corrected chi connectivity index (χ1v) is 7.58. The fraction of sp³-hybridized carbons (Fsp3) is 0.333. The van der Waals surface area contributed by atoms with E-state index < -0.39 is 0 Å². The van der Waals surface area contributed by atoms with Crippen molar-refractivity contribution in [3.63, 3.8) is 0 Å². The first-order valence-electron chi connectivity index (χ1n) is 7.58. The van der Waals surface area contributed by atoms with Crippen LogP contribution in [0.25, 0.3) is 0 Å². The summed E-state index contributed by atoms with van der Waals surface area (Å²) in [5.74, 6) is 1.01. The predicted octanol–water partition coefficient (Wildman–Crippen LogP) is 2.97. The van der Waals surface area contributed by atoms with Crippen molar-refractivity contribution in [2.75, 3.05) is 19.7 Å². The summed E-state index contributed by atoms with van der Waals surface area (Å²) in [4.78, 5) is 2.48. The minimum atomic E-state index is 0.353. The normalized spacial score (nSPS) is 16.6. The minimum Gasteiger partial charge on any atom is -0.492 e. The predicted molar refractivity (Wildman–Crippen MR) is 85.2 cm³/mol. The third-order valence-corrected chi connectivity index (χ3v) is 4.05. The van der Waals surface area contributed by atoms with Crippen molar-refractivity contribution in [3.05, 3.63) is 65.7 Å². The highest BCUT2D eigenvalue weighted by Crippen LogP contribution is 2.30. The summed E-state index contributed by atoms with van der Waals surface area (Å²) in [7, 11) is 0. The molecule has 0 aliphatic carbocycles. The molecule has 1 atom stereocenters. The van der Waals surface area contributed by atoms with E-state index in [1.54, 1.807) is 0 Å². The van der Waals surface area contributed by atoms with Crippen LogP contribution in [-0.4, -0.2) is 24.6 Å². The third-order valence-electron chi connectivity index (χ3n) is 4.05. The quantitative estimate of drug-likeness (QED) is 0.937. The molecule has 1 unspecified atom stereocenters. The van der Waals surface area contributed by atoms with Gasteiger partial charge in [-0.05, 0) is 24.6 Å². The second-order valence-electron chi connectivity index (χ2n) is 5.43. The number of nitrogens with two attached hydrogens (primary N) is 1. The molecule has 0 saturated heterocycles. The Morgan fingerprint density at radius 3 is 2.62 bits per heavy atom. The highest BCUT2D eigenvalue weighted by atomic mass is 16.5. The second-order valence-corrected chi connectivity index (χ2v) is 5.43. The van der Waals surface area contributed by atoms with Gasteiger partial charge < -0.3 is 10.5 Å². The molecule has 1 heterocycles. The summed E-state index contributed by atoms with van der Waals surface area (Å²) >= 11 is 0.